The highest BCUT2D eigenvalue weighted by Gasteiger charge is 2.32. The Balaban J connectivity index is 1.70. The monoisotopic (exact) mass is 351 g/mol. The average molecular weight is 351 g/mol. The van der Waals surface area contributed by atoms with Crippen LogP contribution in [0.1, 0.15) is 31.4 Å². The second-order valence-electron chi connectivity index (χ2n) is 7.16. The van der Waals surface area contributed by atoms with E-state index in [2.05, 4.69) is 43.9 Å². The summed E-state index contributed by atoms with van der Waals surface area (Å²) in [6.45, 7) is 11.0. The molecule has 1 aliphatic rings. The minimum atomic E-state index is 0.0542. The molecule has 1 aromatic rings. The Hall–Kier alpha value is -1.14. The van der Waals surface area contributed by atoms with E-state index in [1.807, 2.05) is 0 Å². The summed E-state index contributed by atoms with van der Waals surface area (Å²) in [5.41, 5.74) is 4.26. The second-order valence-corrected chi connectivity index (χ2v) is 7.16. The van der Waals surface area contributed by atoms with E-state index in [0.29, 0.717) is 39.6 Å². The van der Waals surface area contributed by atoms with Crippen molar-refractivity contribution in [2.45, 2.75) is 39.2 Å². The van der Waals surface area contributed by atoms with Crippen molar-refractivity contribution < 1.29 is 19.3 Å². The summed E-state index contributed by atoms with van der Waals surface area (Å²) in [6.07, 6.45) is 2.31. The van der Waals surface area contributed by atoms with Gasteiger partial charge in [-0.25, -0.2) is 0 Å². The van der Waals surface area contributed by atoms with Gasteiger partial charge in [0.05, 0.1) is 46.2 Å². The van der Waals surface area contributed by atoms with E-state index >= 15 is 0 Å². The van der Waals surface area contributed by atoms with Crippen LogP contribution in [0.3, 0.4) is 0 Å². The molecule has 0 unspecified atom stereocenters. The van der Waals surface area contributed by atoms with Crippen molar-refractivity contribution in [2.75, 3.05) is 57.7 Å². The predicted molar refractivity (Wildman–Crippen MR) is 100 cm³/mol. The smallest absolute Gasteiger partial charge is 0.0701 e. The fraction of sp³-hybridized carbons (Fsp3) is 0.700. The number of aliphatic hydroxyl groups excluding tert-OH is 1. The number of rotatable bonds is 11. The molecule has 0 atom stereocenters. The molecule has 5 nitrogen and oxygen atoms in total. The number of fused-ring (bicyclic) bond motifs is 1. The van der Waals surface area contributed by atoms with E-state index in [-0.39, 0.29) is 12.1 Å². The lowest BCUT2D eigenvalue weighted by atomic mass is 9.86. The van der Waals surface area contributed by atoms with Crippen LogP contribution in [0, 0.1) is 6.92 Å². The van der Waals surface area contributed by atoms with Gasteiger partial charge in [0.15, 0.2) is 0 Å². The van der Waals surface area contributed by atoms with Crippen molar-refractivity contribution in [3.8, 4) is 0 Å². The first-order chi connectivity index (χ1) is 12.0. The van der Waals surface area contributed by atoms with Crippen LogP contribution in [-0.2, 0) is 20.6 Å². The van der Waals surface area contributed by atoms with Gasteiger partial charge in [0.1, 0.15) is 0 Å². The summed E-state index contributed by atoms with van der Waals surface area (Å²) >= 11 is 0. The van der Waals surface area contributed by atoms with Gasteiger partial charge in [0, 0.05) is 17.8 Å². The molecule has 0 amide bonds. The number of hydrogen-bond acceptors (Lipinski definition) is 5. The SMILES string of the molecule is Cc1ccc2c(c1)N(CCOCCOCCOCCO)C(C)(C)CC2. The van der Waals surface area contributed by atoms with E-state index in [1.54, 1.807) is 0 Å². The first-order valence-corrected chi connectivity index (χ1v) is 9.26. The lowest BCUT2D eigenvalue weighted by Crippen LogP contribution is -2.49. The maximum Gasteiger partial charge on any atom is 0.0701 e. The van der Waals surface area contributed by atoms with Gasteiger partial charge in [0.25, 0.3) is 0 Å². The minimum absolute atomic E-state index is 0.0542. The van der Waals surface area contributed by atoms with E-state index in [1.165, 1.54) is 23.2 Å². The number of anilines is 1. The van der Waals surface area contributed by atoms with Crippen LogP contribution in [0.5, 0.6) is 0 Å². The molecule has 2 rings (SSSR count). The van der Waals surface area contributed by atoms with Crippen molar-refractivity contribution in [1.29, 1.82) is 0 Å². The molecule has 0 bridgehead atoms. The summed E-state index contributed by atoms with van der Waals surface area (Å²) in [4.78, 5) is 2.49. The summed E-state index contributed by atoms with van der Waals surface area (Å²) in [6, 6.07) is 6.76. The van der Waals surface area contributed by atoms with Crippen LogP contribution in [0.25, 0.3) is 0 Å². The van der Waals surface area contributed by atoms with Crippen LogP contribution in [0.15, 0.2) is 18.2 Å². The Kier molecular flexibility index (Phi) is 8.16. The lowest BCUT2D eigenvalue weighted by Gasteiger charge is -2.45. The Labute approximate surface area is 151 Å². The second kappa shape index (κ2) is 10.1. The van der Waals surface area contributed by atoms with Crippen molar-refractivity contribution in [3.05, 3.63) is 29.3 Å². The van der Waals surface area contributed by atoms with Gasteiger partial charge in [-0.15, -0.1) is 0 Å². The van der Waals surface area contributed by atoms with Gasteiger partial charge in [-0.2, -0.15) is 0 Å². The number of aliphatic hydroxyl groups is 1. The number of aryl methyl sites for hydroxylation is 2. The van der Waals surface area contributed by atoms with Crippen LogP contribution < -0.4 is 4.90 Å². The normalized spacial score (nSPS) is 16.1. The third kappa shape index (κ3) is 6.26. The molecule has 1 heterocycles. The van der Waals surface area contributed by atoms with Crippen molar-refractivity contribution >= 4 is 5.69 Å². The highest BCUT2D eigenvalue weighted by atomic mass is 16.5. The molecule has 0 fully saturated rings. The Morgan fingerprint density at radius 1 is 1.00 bits per heavy atom. The first kappa shape index (κ1) is 20.2. The fourth-order valence-electron chi connectivity index (χ4n) is 3.22. The maximum atomic E-state index is 8.60. The Morgan fingerprint density at radius 2 is 1.64 bits per heavy atom. The molecule has 5 heteroatoms. The zero-order chi connectivity index (χ0) is 18.1. The number of ether oxygens (including phenoxy) is 3. The molecule has 0 aromatic heterocycles. The topological polar surface area (TPSA) is 51.2 Å². The summed E-state index contributed by atoms with van der Waals surface area (Å²) in [5, 5.41) is 8.60. The summed E-state index contributed by atoms with van der Waals surface area (Å²) < 4.78 is 16.3. The summed E-state index contributed by atoms with van der Waals surface area (Å²) in [5.74, 6) is 0. The molecule has 25 heavy (non-hydrogen) atoms. The zero-order valence-corrected chi connectivity index (χ0v) is 15.9. The molecular formula is C20H33NO4. The molecule has 1 N–H and O–H groups in total. The highest BCUT2D eigenvalue weighted by Crippen LogP contribution is 2.36. The van der Waals surface area contributed by atoms with E-state index in [0.717, 1.165) is 13.0 Å². The third-order valence-electron chi connectivity index (χ3n) is 4.71. The standard InChI is InChI=1S/C20H33NO4/c1-17-4-5-18-6-7-20(2,3)21(19(18)16-17)8-10-23-12-14-25-15-13-24-11-9-22/h4-5,16,22H,6-15H2,1-3H3. The molecule has 1 aliphatic heterocycles. The van der Waals surface area contributed by atoms with Gasteiger partial charge in [-0.3, -0.25) is 0 Å². The average Bonchev–Trinajstić information content (AvgIpc) is 2.58. The maximum absolute atomic E-state index is 8.60. The van der Waals surface area contributed by atoms with E-state index in [9.17, 15) is 0 Å². The van der Waals surface area contributed by atoms with Gasteiger partial charge in [0.2, 0.25) is 0 Å². The number of hydrogen-bond donors (Lipinski definition) is 1. The number of nitrogens with zero attached hydrogens (tertiary/aromatic N) is 1. The molecular weight excluding hydrogens is 318 g/mol. The third-order valence-corrected chi connectivity index (χ3v) is 4.71. The van der Waals surface area contributed by atoms with Gasteiger partial charge < -0.3 is 24.2 Å². The van der Waals surface area contributed by atoms with Gasteiger partial charge in [-0.1, -0.05) is 12.1 Å². The molecule has 142 valence electrons. The van der Waals surface area contributed by atoms with Crippen LogP contribution in [-0.4, -0.2) is 63.4 Å². The van der Waals surface area contributed by atoms with Gasteiger partial charge >= 0.3 is 0 Å². The molecule has 0 saturated carbocycles. The molecule has 0 spiro atoms. The molecule has 0 aliphatic carbocycles. The largest absolute Gasteiger partial charge is 0.394 e. The van der Waals surface area contributed by atoms with Crippen LogP contribution >= 0.6 is 0 Å². The highest BCUT2D eigenvalue weighted by molar-refractivity contribution is 5.59. The van der Waals surface area contributed by atoms with Crippen LogP contribution in [0.2, 0.25) is 0 Å². The first-order valence-electron chi connectivity index (χ1n) is 9.26. The minimum Gasteiger partial charge on any atom is -0.394 e. The Bertz CT molecular complexity index is 518. The van der Waals surface area contributed by atoms with Crippen LogP contribution in [0.4, 0.5) is 5.69 Å². The zero-order valence-electron chi connectivity index (χ0n) is 15.9. The van der Waals surface area contributed by atoms with Crippen molar-refractivity contribution in [2.24, 2.45) is 0 Å². The predicted octanol–water partition coefficient (Wildman–Crippen LogP) is 2.57. The van der Waals surface area contributed by atoms with Crippen molar-refractivity contribution in [3.63, 3.8) is 0 Å². The molecule has 1 aromatic carbocycles. The lowest BCUT2D eigenvalue weighted by molar-refractivity contribution is 0.00837. The van der Waals surface area contributed by atoms with Crippen molar-refractivity contribution in [1.82, 2.24) is 0 Å². The molecule has 0 radical (unpaired) electrons. The Morgan fingerprint density at radius 3 is 2.32 bits per heavy atom. The van der Waals surface area contributed by atoms with E-state index < -0.39 is 0 Å². The quantitative estimate of drug-likeness (QED) is 0.621. The van der Waals surface area contributed by atoms with Gasteiger partial charge in [-0.05, 0) is 50.8 Å². The number of benzene rings is 1. The fourth-order valence-corrected chi connectivity index (χ4v) is 3.22. The molecule has 0 saturated heterocycles. The summed E-state index contributed by atoms with van der Waals surface area (Å²) in [7, 11) is 0. The van der Waals surface area contributed by atoms with E-state index in [4.69, 9.17) is 19.3 Å².